The molecule has 3 aromatic rings. The Morgan fingerprint density at radius 2 is 2.13 bits per heavy atom. The van der Waals surface area contributed by atoms with Crippen LogP contribution in [0.1, 0.15) is 33.6 Å². The van der Waals surface area contributed by atoms with Gasteiger partial charge in [0.2, 0.25) is 5.88 Å². The molecule has 3 aromatic heterocycles. The van der Waals surface area contributed by atoms with E-state index in [0.29, 0.717) is 24.5 Å². The van der Waals surface area contributed by atoms with Gasteiger partial charge in [0.15, 0.2) is 0 Å². The Labute approximate surface area is 176 Å². The molecule has 1 N–H and O–H groups in total. The molecular weight excluding hydrogens is 378 g/mol. The first-order valence-electron chi connectivity index (χ1n) is 10.8. The third-order valence-corrected chi connectivity index (χ3v) is 5.77. The molecule has 0 aromatic carbocycles. The van der Waals surface area contributed by atoms with E-state index in [2.05, 4.69) is 36.2 Å². The van der Waals surface area contributed by atoms with Crippen molar-refractivity contribution >= 4 is 10.9 Å². The maximum Gasteiger partial charge on any atom is 0.223 e. The number of fused-ring (bicyclic) bond motifs is 1. The molecule has 2 fully saturated rings. The summed E-state index contributed by atoms with van der Waals surface area (Å²) in [5.74, 6) is 1.31. The predicted octanol–water partition coefficient (Wildman–Crippen LogP) is 3.39. The zero-order valence-corrected chi connectivity index (χ0v) is 17.8. The SMILES string of the molecule is CC(C)(C)n1cc(-c2cc3ncccc3c(OC[C@@H]3CNC[C@@H](C4CC4)O3)n2)cn1. The summed E-state index contributed by atoms with van der Waals surface area (Å²) in [6, 6.07) is 5.91. The second-order valence-electron chi connectivity index (χ2n) is 9.33. The van der Waals surface area contributed by atoms with Crippen molar-refractivity contribution in [1.29, 1.82) is 0 Å². The van der Waals surface area contributed by atoms with Gasteiger partial charge in [0.25, 0.3) is 0 Å². The van der Waals surface area contributed by atoms with Crippen LogP contribution in [0.2, 0.25) is 0 Å². The van der Waals surface area contributed by atoms with Gasteiger partial charge in [-0.05, 0) is 57.7 Å². The molecule has 7 nitrogen and oxygen atoms in total. The van der Waals surface area contributed by atoms with E-state index in [1.165, 1.54) is 12.8 Å². The number of rotatable bonds is 5. The number of nitrogens with zero attached hydrogens (tertiary/aromatic N) is 4. The van der Waals surface area contributed by atoms with Crippen LogP contribution in [0.3, 0.4) is 0 Å². The summed E-state index contributed by atoms with van der Waals surface area (Å²) in [6.07, 6.45) is 8.57. The summed E-state index contributed by atoms with van der Waals surface area (Å²) in [6.45, 7) is 8.59. The van der Waals surface area contributed by atoms with Crippen LogP contribution >= 0.6 is 0 Å². The van der Waals surface area contributed by atoms with E-state index in [0.717, 1.165) is 35.2 Å². The quantitative estimate of drug-likeness (QED) is 0.699. The van der Waals surface area contributed by atoms with Crippen LogP contribution in [0.15, 0.2) is 36.8 Å². The molecule has 1 saturated heterocycles. The number of morpholine rings is 1. The summed E-state index contributed by atoms with van der Waals surface area (Å²) in [5.41, 5.74) is 2.53. The molecule has 1 aliphatic heterocycles. The molecule has 5 rings (SSSR count). The van der Waals surface area contributed by atoms with Crippen LogP contribution < -0.4 is 10.1 Å². The van der Waals surface area contributed by atoms with Gasteiger partial charge in [-0.2, -0.15) is 5.10 Å². The lowest BCUT2D eigenvalue weighted by molar-refractivity contribution is -0.0650. The van der Waals surface area contributed by atoms with Crippen LogP contribution in [-0.2, 0) is 10.3 Å². The van der Waals surface area contributed by atoms with E-state index in [1.54, 1.807) is 6.20 Å². The Kier molecular flexibility index (Phi) is 4.95. The van der Waals surface area contributed by atoms with E-state index in [4.69, 9.17) is 14.5 Å². The Bertz CT molecular complexity index is 1040. The molecule has 1 aliphatic carbocycles. The van der Waals surface area contributed by atoms with Gasteiger partial charge in [-0.1, -0.05) is 0 Å². The third kappa shape index (κ3) is 4.04. The van der Waals surface area contributed by atoms with Crippen molar-refractivity contribution in [1.82, 2.24) is 25.1 Å². The highest BCUT2D eigenvalue weighted by atomic mass is 16.5. The molecule has 0 unspecified atom stereocenters. The molecule has 0 bridgehead atoms. The maximum atomic E-state index is 6.26. The van der Waals surface area contributed by atoms with Crippen molar-refractivity contribution in [2.75, 3.05) is 19.7 Å². The Hall–Kier alpha value is -2.51. The van der Waals surface area contributed by atoms with Gasteiger partial charge in [-0.3, -0.25) is 9.67 Å². The van der Waals surface area contributed by atoms with Gasteiger partial charge in [0.05, 0.1) is 34.4 Å². The predicted molar refractivity (Wildman–Crippen MR) is 116 cm³/mol. The van der Waals surface area contributed by atoms with Crippen molar-refractivity contribution in [3.63, 3.8) is 0 Å². The second-order valence-corrected chi connectivity index (χ2v) is 9.33. The van der Waals surface area contributed by atoms with Crippen molar-refractivity contribution in [3.05, 3.63) is 36.8 Å². The number of pyridine rings is 2. The second kappa shape index (κ2) is 7.63. The minimum atomic E-state index is -0.0872. The van der Waals surface area contributed by atoms with E-state index in [-0.39, 0.29) is 11.6 Å². The smallest absolute Gasteiger partial charge is 0.223 e. The summed E-state index contributed by atoms with van der Waals surface area (Å²) in [7, 11) is 0. The van der Waals surface area contributed by atoms with Crippen LogP contribution in [0.25, 0.3) is 22.2 Å². The number of nitrogens with one attached hydrogen (secondary N) is 1. The standard InChI is InChI=1S/C23H29N5O2/c1-23(2,3)28-13-16(10-26-28)19-9-20-18(5-4-8-25-20)22(27-19)29-14-17-11-24-12-21(30-17)15-6-7-15/h4-5,8-10,13,15,17,21,24H,6-7,11-12,14H2,1-3H3/t17-,21-/m0/s1. The highest BCUT2D eigenvalue weighted by molar-refractivity contribution is 5.86. The lowest BCUT2D eigenvalue weighted by Crippen LogP contribution is -2.47. The minimum absolute atomic E-state index is 0.0326. The highest BCUT2D eigenvalue weighted by Gasteiger charge is 2.35. The van der Waals surface area contributed by atoms with Crippen LogP contribution in [0.4, 0.5) is 0 Å². The molecule has 30 heavy (non-hydrogen) atoms. The van der Waals surface area contributed by atoms with Crippen molar-refractivity contribution in [2.45, 2.75) is 51.4 Å². The topological polar surface area (TPSA) is 74.1 Å². The maximum absolute atomic E-state index is 6.26. The summed E-state index contributed by atoms with van der Waals surface area (Å²) in [4.78, 5) is 9.36. The molecule has 4 heterocycles. The van der Waals surface area contributed by atoms with Gasteiger partial charge in [-0.15, -0.1) is 0 Å². The van der Waals surface area contributed by atoms with Crippen molar-refractivity contribution in [2.24, 2.45) is 5.92 Å². The average molecular weight is 408 g/mol. The third-order valence-electron chi connectivity index (χ3n) is 5.77. The number of ether oxygens (including phenoxy) is 2. The van der Waals surface area contributed by atoms with Gasteiger partial charge >= 0.3 is 0 Å². The molecule has 0 amide bonds. The molecule has 0 radical (unpaired) electrons. The van der Waals surface area contributed by atoms with Gasteiger partial charge < -0.3 is 14.8 Å². The minimum Gasteiger partial charge on any atom is -0.474 e. The molecule has 2 aliphatic rings. The number of aromatic nitrogens is 4. The van der Waals surface area contributed by atoms with Crippen molar-refractivity contribution in [3.8, 4) is 17.1 Å². The lowest BCUT2D eigenvalue weighted by atomic mass is 10.1. The molecule has 2 atom stereocenters. The Morgan fingerprint density at radius 1 is 1.27 bits per heavy atom. The Morgan fingerprint density at radius 3 is 2.90 bits per heavy atom. The van der Waals surface area contributed by atoms with E-state index in [1.807, 2.05) is 35.3 Å². The van der Waals surface area contributed by atoms with Crippen LogP contribution in [-0.4, -0.2) is 51.7 Å². The highest BCUT2D eigenvalue weighted by Crippen LogP contribution is 2.35. The van der Waals surface area contributed by atoms with Gasteiger partial charge in [0.1, 0.15) is 12.7 Å². The zero-order chi connectivity index (χ0) is 20.7. The van der Waals surface area contributed by atoms with Gasteiger partial charge in [0, 0.05) is 31.0 Å². The monoisotopic (exact) mass is 407 g/mol. The first-order chi connectivity index (χ1) is 14.5. The molecule has 158 valence electrons. The fourth-order valence-corrected chi connectivity index (χ4v) is 3.87. The van der Waals surface area contributed by atoms with E-state index in [9.17, 15) is 0 Å². The van der Waals surface area contributed by atoms with Gasteiger partial charge in [-0.25, -0.2) is 4.98 Å². The average Bonchev–Trinajstić information content (AvgIpc) is 3.47. The van der Waals surface area contributed by atoms with Crippen molar-refractivity contribution < 1.29 is 9.47 Å². The number of hydrogen-bond donors (Lipinski definition) is 1. The Balaban J connectivity index is 1.40. The normalized spacial score (nSPS) is 22.4. The largest absolute Gasteiger partial charge is 0.474 e. The van der Waals surface area contributed by atoms with Crippen LogP contribution in [0, 0.1) is 5.92 Å². The molecule has 7 heteroatoms. The molecule has 0 spiro atoms. The van der Waals surface area contributed by atoms with E-state index >= 15 is 0 Å². The zero-order valence-electron chi connectivity index (χ0n) is 17.8. The number of hydrogen-bond acceptors (Lipinski definition) is 6. The molecule has 1 saturated carbocycles. The summed E-state index contributed by atoms with van der Waals surface area (Å²) >= 11 is 0. The molecular formula is C23H29N5O2. The fourth-order valence-electron chi connectivity index (χ4n) is 3.87. The first kappa shape index (κ1) is 19.5. The lowest BCUT2D eigenvalue weighted by Gasteiger charge is -2.30. The fraction of sp³-hybridized carbons (Fsp3) is 0.522. The first-order valence-corrected chi connectivity index (χ1v) is 10.8. The summed E-state index contributed by atoms with van der Waals surface area (Å²) < 4.78 is 14.4. The van der Waals surface area contributed by atoms with E-state index < -0.39 is 0 Å². The summed E-state index contributed by atoms with van der Waals surface area (Å²) in [5, 5.41) is 8.91. The van der Waals surface area contributed by atoms with Crippen LogP contribution in [0.5, 0.6) is 5.88 Å².